The minimum atomic E-state index is -0.0349. The zero-order chi connectivity index (χ0) is 15.2. The van der Waals surface area contributed by atoms with E-state index >= 15 is 0 Å². The molecule has 6 nitrogen and oxygen atoms in total. The van der Waals surface area contributed by atoms with Crippen molar-refractivity contribution in [3.05, 3.63) is 17.5 Å². The number of hydrogen-bond donors (Lipinski definition) is 1. The quantitative estimate of drug-likeness (QED) is 0.922. The predicted molar refractivity (Wildman–Crippen MR) is 80.4 cm³/mol. The van der Waals surface area contributed by atoms with Crippen molar-refractivity contribution >= 4 is 6.03 Å². The number of piperidine rings is 1. The van der Waals surface area contributed by atoms with Crippen molar-refractivity contribution in [1.82, 2.24) is 20.2 Å². The highest BCUT2D eigenvalue weighted by atomic mass is 16.5. The van der Waals surface area contributed by atoms with Crippen molar-refractivity contribution in [2.75, 3.05) is 19.6 Å². The van der Waals surface area contributed by atoms with Gasteiger partial charge in [-0.2, -0.15) is 0 Å². The first-order valence-corrected chi connectivity index (χ1v) is 7.60. The van der Waals surface area contributed by atoms with E-state index < -0.39 is 0 Å². The number of aromatic nitrogens is 2. The van der Waals surface area contributed by atoms with Gasteiger partial charge in [0, 0.05) is 24.5 Å². The summed E-state index contributed by atoms with van der Waals surface area (Å²) in [6.07, 6.45) is 2.77. The molecule has 1 saturated heterocycles. The van der Waals surface area contributed by atoms with E-state index in [1.165, 1.54) is 0 Å². The van der Waals surface area contributed by atoms with Gasteiger partial charge in [-0.1, -0.05) is 6.92 Å². The maximum atomic E-state index is 12.0. The molecule has 116 valence electrons. The Bertz CT molecular complexity index is 472. The molecule has 2 heterocycles. The SMILES string of the molecule is CCCNC(=O)N1CCCC(Oc2nc(C)cc(C)n2)C1. The molecule has 0 saturated carbocycles. The number of aryl methyl sites for hydroxylation is 2. The van der Waals surface area contributed by atoms with Gasteiger partial charge in [0.1, 0.15) is 6.10 Å². The fraction of sp³-hybridized carbons (Fsp3) is 0.667. The Morgan fingerprint density at radius 3 is 2.81 bits per heavy atom. The van der Waals surface area contributed by atoms with Gasteiger partial charge in [-0.3, -0.25) is 0 Å². The lowest BCUT2D eigenvalue weighted by Gasteiger charge is -2.32. The summed E-state index contributed by atoms with van der Waals surface area (Å²) >= 11 is 0. The third-order valence-corrected chi connectivity index (χ3v) is 3.43. The Morgan fingerprint density at radius 2 is 2.14 bits per heavy atom. The summed E-state index contributed by atoms with van der Waals surface area (Å²) in [6, 6.07) is 2.32. The molecule has 1 aliphatic heterocycles. The normalized spacial score (nSPS) is 18.4. The highest BCUT2D eigenvalue weighted by Crippen LogP contribution is 2.16. The number of likely N-dealkylation sites (tertiary alicyclic amines) is 1. The summed E-state index contributed by atoms with van der Waals surface area (Å²) in [4.78, 5) is 22.4. The maximum absolute atomic E-state index is 12.0. The van der Waals surface area contributed by atoms with E-state index in [0.717, 1.165) is 37.2 Å². The van der Waals surface area contributed by atoms with Crippen molar-refractivity contribution in [3.63, 3.8) is 0 Å². The third kappa shape index (κ3) is 4.58. The van der Waals surface area contributed by atoms with E-state index in [0.29, 0.717) is 19.1 Å². The molecule has 0 spiro atoms. The summed E-state index contributed by atoms with van der Waals surface area (Å²) < 4.78 is 5.86. The van der Waals surface area contributed by atoms with Gasteiger partial charge in [0.25, 0.3) is 0 Å². The second-order valence-electron chi connectivity index (χ2n) is 5.49. The molecule has 2 rings (SSSR count). The molecule has 0 bridgehead atoms. The molecule has 0 aromatic carbocycles. The molecular weight excluding hydrogens is 268 g/mol. The third-order valence-electron chi connectivity index (χ3n) is 3.43. The van der Waals surface area contributed by atoms with E-state index in [4.69, 9.17) is 4.74 Å². The van der Waals surface area contributed by atoms with E-state index in [1.54, 1.807) is 0 Å². The van der Waals surface area contributed by atoms with Gasteiger partial charge >= 0.3 is 12.0 Å². The molecule has 1 N–H and O–H groups in total. The Balaban J connectivity index is 1.93. The Hall–Kier alpha value is -1.85. The lowest BCUT2D eigenvalue weighted by Crippen LogP contribution is -2.48. The molecule has 2 amide bonds. The topological polar surface area (TPSA) is 67.4 Å². The van der Waals surface area contributed by atoms with Crippen LogP contribution in [0.1, 0.15) is 37.6 Å². The molecule has 6 heteroatoms. The summed E-state index contributed by atoms with van der Waals surface area (Å²) in [5.74, 6) is 0. The van der Waals surface area contributed by atoms with Crippen molar-refractivity contribution in [2.45, 2.75) is 46.1 Å². The van der Waals surface area contributed by atoms with Crippen molar-refractivity contribution in [1.29, 1.82) is 0 Å². The van der Waals surface area contributed by atoms with Gasteiger partial charge in [0.05, 0.1) is 6.54 Å². The first kappa shape index (κ1) is 15.5. The van der Waals surface area contributed by atoms with Crippen LogP contribution < -0.4 is 10.1 Å². The van der Waals surface area contributed by atoms with Crippen molar-refractivity contribution in [2.24, 2.45) is 0 Å². The summed E-state index contributed by atoms with van der Waals surface area (Å²) in [5.41, 5.74) is 1.79. The van der Waals surface area contributed by atoms with Crippen LogP contribution in [-0.2, 0) is 0 Å². The monoisotopic (exact) mass is 292 g/mol. The van der Waals surface area contributed by atoms with Gasteiger partial charge in [0.2, 0.25) is 0 Å². The number of carbonyl (C=O) groups excluding carboxylic acids is 1. The zero-order valence-corrected chi connectivity index (χ0v) is 13.1. The summed E-state index contributed by atoms with van der Waals surface area (Å²) in [7, 11) is 0. The Kier molecular flexibility index (Phi) is 5.36. The average molecular weight is 292 g/mol. The van der Waals surface area contributed by atoms with Crippen LogP contribution in [0.25, 0.3) is 0 Å². The second-order valence-corrected chi connectivity index (χ2v) is 5.49. The minimum Gasteiger partial charge on any atom is -0.458 e. The van der Waals surface area contributed by atoms with E-state index in [9.17, 15) is 4.79 Å². The average Bonchev–Trinajstić information content (AvgIpc) is 2.44. The number of nitrogens with zero attached hydrogens (tertiary/aromatic N) is 3. The molecule has 0 aliphatic carbocycles. The standard InChI is InChI=1S/C15H24N4O2/c1-4-7-16-15(20)19-8-5-6-13(10-19)21-14-17-11(2)9-12(3)18-14/h9,13H,4-8,10H2,1-3H3,(H,16,20). The lowest BCUT2D eigenvalue weighted by molar-refractivity contribution is 0.0937. The van der Waals surface area contributed by atoms with Crippen LogP contribution in [-0.4, -0.2) is 46.6 Å². The Labute approximate surface area is 125 Å². The van der Waals surface area contributed by atoms with Crippen LogP contribution in [0.4, 0.5) is 4.79 Å². The maximum Gasteiger partial charge on any atom is 0.317 e. The molecule has 1 atom stereocenters. The second kappa shape index (κ2) is 7.24. The van der Waals surface area contributed by atoms with Crippen molar-refractivity contribution < 1.29 is 9.53 Å². The number of amides is 2. The van der Waals surface area contributed by atoms with E-state index in [2.05, 4.69) is 15.3 Å². The summed E-state index contributed by atoms with van der Waals surface area (Å²) in [5, 5.41) is 2.90. The molecule has 1 unspecified atom stereocenters. The van der Waals surface area contributed by atoms with Crippen LogP contribution in [0.15, 0.2) is 6.07 Å². The number of ether oxygens (including phenoxy) is 1. The molecule has 1 aliphatic rings. The largest absolute Gasteiger partial charge is 0.458 e. The van der Waals surface area contributed by atoms with Crippen LogP contribution in [0.2, 0.25) is 0 Å². The van der Waals surface area contributed by atoms with E-state index in [-0.39, 0.29) is 12.1 Å². The fourth-order valence-electron chi connectivity index (χ4n) is 2.46. The lowest BCUT2D eigenvalue weighted by atomic mass is 10.1. The summed E-state index contributed by atoms with van der Waals surface area (Å²) in [6.45, 7) is 7.97. The number of hydrogen-bond acceptors (Lipinski definition) is 4. The number of urea groups is 1. The molecular formula is C15H24N4O2. The minimum absolute atomic E-state index is 0.00788. The van der Waals surface area contributed by atoms with Crippen LogP contribution >= 0.6 is 0 Å². The molecule has 0 radical (unpaired) electrons. The predicted octanol–water partition coefficient (Wildman–Crippen LogP) is 2.06. The highest BCUT2D eigenvalue weighted by Gasteiger charge is 2.25. The Morgan fingerprint density at radius 1 is 1.43 bits per heavy atom. The van der Waals surface area contributed by atoms with Gasteiger partial charge in [-0.05, 0) is 39.2 Å². The zero-order valence-electron chi connectivity index (χ0n) is 13.1. The highest BCUT2D eigenvalue weighted by molar-refractivity contribution is 5.74. The van der Waals surface area contributed by atoms with Gasteiger partial charge in [-0.15, -0.1) is 0 Å². The van der Waals surface area contributed by atoms with Crippen LogP contribution in [0.5, 0.6) is 6.01 Å². The fourth-order valence-corrected chi connectivity index (χ4v) is 2.46. The van der Waals surface area contributed by atoms with Gasteiger partial charge < -0.3 is 15.0 Å². The molecule has 1 fully saturated rings. The number of rotatable bonds is 4. The molecule has 1 aromatic heterocycles. The van der Waals surface area contributed by atoms with Crippen LogP contribution in [0.3, 0.4) is 0 Å². The first-order valence-electron chi connectivity index (χ1n) is 7.60. The first-order chi connectivity index (χ1) is 10.1. The van der Waals surface area contributed by atoms with Crippen LogP contribution in [0, 0.1) is 13.8 Å². The number of nitrogens with one attached hydrogen (secondary N) is 1. The van der Waals surface area contributed by atoms with Gasteiger partial charge in [-0.25, -0.2) is 14.8 Å². The van der Waals surface area contributed by atoms with E-state index in [1.807, 2.05) is 31.7 Å². The molecule has 21 heavy (non-hydrogen) atoms. The molecule has 1 aromatic rings. The van der Waals surface area contributed by atoms with Crippen molar-refractivity contribution in [3.8, 4) is 6.01 Å². The number of carbonyl (C=O) groups is 1. The smallest absolute Gasteiger partial charge is 0.317 e. The van der Waals surface area contributed by atoms with Gasteiger partial charge in [0.15, 0.2) is 0 Å².